The first kappa shape index (κ1) is 14.7. The largest absolute Gasteiger partial charge is 0.373 e. The summed E-state index contributed by atoms with van der Waals surface area (Å²) in [6.07, 6.45) is 1.79. The molecule has 1 aromatic heterocycles. The molecule has 0 atom stereocenters. The van der Waals surface area contributed by atoms with Crippen LogP contribution in [0.5, 0.6) is 0 Å². The zero-order valence-electron chi connectivity index (χ0n) is 11.4. The van der Waals surface area contributed by atoms with Gasteiger partial charge in [0.1, 0.15) is 23.3 Å². The molecule has 0 spiro atoms. The van der Waals surface area contributed by atoms with Crippen molar-refractivity contribution in [2.75, 3.05) is 17.7 Å². The number of anilines is 3. The predicted molar refractivity (Wildman–Crippen MR) is 83.0 cm³/mol. The number of nitrogens with zero attached hydrogens (tertiary/aromatic N) is 2. The van der Waals surface area contributed by atoms with E-state index in [0.717, 1.165) is 30.2 Å². The van der Waals surface area contributed by atoms with Crippen molar-refractivity contribution in [1.82, 2.24) is 9.97 Å². The molecule has 0 saturated carbocycles. The first-order valence-corrected chi connectivity index (χ1v) is 7.19. The first-order chi connectivity index (χ1) is 9.62. The minimum absolute atomic E-state index is 0.285. The van der Waals surface area contributed by atoms with Gasteiger partial charge >= 0.3 is 0 Å². The van der Waals surface area contributed by atoms with Crippen molar-refractivity contribution in [2.24, 2.45) is 0 Å². The van der Waals surface area contributed by atoms with Gasteiger partial charge in [-0.05, 0) is 40.5 Å². The van der Waals surface area contributed by atoms with Crippen LogP contribution in [0.1, 0.15) is 19.2 Å². The second kappa shape index (κ2) is 6.65. The van der Waals surface area contributed by atoms with Crippen LogP contribution in [0, 0.1) is 5.82 Å². The Hall–Kier alpha value is -1.69. The van der Waals surface area contributed by atoms with Gasteiger partial charge < -0.3 is 10.6 Å². The highest BCUT2D eigenvalue weighted by Crippen LogP contribution is 2.26. The molecule has 2 aromatic rings. The molecule has 0 saturated heterocycles. The van der Waals surface area contributed by atoms with E-state index in [0.29, 0.717) is 10.3 Å². The molecule has 1 aromatic carbocycles. The normalized spacial score (nSPS) is 10.4. The third-order valence-corrected chi connectivity index (χ3v) is 3.35. The zero-order valence-corrected chi connectivity index (χ0v) is 13.0. The Kier molecular flexibility index (Phi) is 4.89. The predicted octanol–water partition coefficient (Wildman–Crippen LogP) is 4.12. The van der Waals surface area contributed by atoms with E-state index in [9.17, 15) is 4.39 Å². The van der Waals surface area contributed by atoms with E-state index in [1.165, 1.54) is 12.1 Å². The molecule has 106 valence electrons. The monoisotopic (exact) mass is 338 g/mol. The molecule has 0 aliphatic heterocycles. The van der Waals surface area contributed by atoms with Crippen molar-refractivity contribution in [2.45, 2.75) is 19.8 Å². The summed E-state index contributed by atoms with van der Waals surface area (Å²) in [6.45, 7) is 2.08. The molecule has 0 radical (unpaired) electrons. The molecule has 0 fully saturated rings. The highest BCUT2D eigenvalue weighted by molar-refractivity contribution is 9.10. The van der Waals surface area contributed by atoms with Crippen LogP contribution in [0.3, 0.4) is 0 Å². The quantitative estimate of drug-likeness (QED) is 0.861. The summed E-state index contributed by atoms with van der Waals surface area (Å²) in [7, 11) is 1.82. The fraction of sp³-hybridized carbons (Fsp3) is 0.286. The van der Waals surface area contributed by atoms with Crippen LogP contribution in [0.15, 0.2) is 28.7 Å². The second-order valence-corrected chi connectivity index (χ2v) is 5.16. The Morgan fingerprint density at radius 1 is 1.20 bits per heavy atom. The van der Waals surface area contributed by atoms with Crippen LogP contribution in [0.25, 0.3) is 0 Å². The lowest BCUT2D eigenvalue weighted by Gasteiger charge is -2.11. The molecule has 2 N–H and O–H groups in total. The second-order valence-electron chi connectivity index (χ2n) is 4.30. The number of hydrogen-bond acceptors (Lipinski definition) is 4. The third-order valence-electron chi connectivity index (χ3n) is 2.70. The van der Waals surface area contributed by atoms with Crippen molar-refractivity contribution in [1.29, 1.82) is 0 Å². The van der Waals surface area contributed by atoms with Gasteiger partial charge in [0.2, 0.25) is 0 Å². The lowest BCUT2D eigenvalue weighted by Crippen LogP contribution is -2.04. The van der Waals surface area contributed by atoms with Gasteiger partial charge in [-0.3, -0.25) is 0 Å². The van der Waals surface area contributed by atoms with Crippen LogP contribution in [0.2, 0.25) is 0 Å². The number of hydrogen-bond donors (Lipinski definition) is 2. The minimum atomic E-state index is -0.285. The third kappa shape index (κ3) is 3.66. The molecular weight excluding hydrogens is 323 g/mol. The number of aryl methyl sites for hydroxylation is 1. The highest BCUT2D eigenvalue weighted by Gasteiger charge is 2.06. The Morgan fingerprint density at radius 3 is 2.60 bits per heavy atom. The average molecular weight is 339 g/mol. The maximum atomic E-state index is 13.1. The van der Waals surface area contributed by atoms with Gasteiger partial charge in [-0.1, -0.05) is 6.92 Å². The van der Waals surface area contributed by atoms with Crippen molar-refractivity contribution >= 4 is 33.3 Å². The Balaban J connectivity index is 2.29. The van der Waals surface area contributed by atoms with Gasteiger partial charge in [-0.25, -0.2) is 14.4 Å². The van der Waals surface area contributed by atoms with E-state index in [1.54, 1.807) is 6.07 Å². The highest BCUT2D eigenvalue weighted by atomic mass is 79.9. The van der Waals surface area contributed by atoms with Crippen LogP contribution in [-0.2, 0) is 6.42 Å². The van der Waals surface area contributed by atoms with E-state index < -0.39 is 0 Å². The molecule has 0 aliphatic carbocycles. The molecule has 6 heteroatoms. The van der Waals surface area contributed by atoms with Crippen LogP contribution in [0.4, 0.5) is 21.7 Å². The molecule has 0 aliphatic rings. The molecule has 4 nitrogen and oxygen atoms in total. The molecule has 2 rings (SSSR count). The van der Waals surface area contributed by atoms with E-state index >= 15 is 0 Å². The van der Waals surface area contributed by atoms with E-state index in [1.807, 2.05) is 13.1 Å². The lowest BCUT2D eigenvalue weighted by molar-refractivity contribution is 0.627. The van der Waals surface area contributed by atoms with E-state index in [-0.39, 0.29) is 5.82 Å². The Bertz CT molecular complexity index is 604. The number of halogens is 2. The van der Waals surface area contributed by atoms with Crippen molar-refractivity contribution in [3.05, 3.63) is 40.4 Å². The molecule has 0 amide bonds. The average Bonchev–Trinajstić information content (AvgIpc) is 2.42. The summed E-state index contributed by atoms with van der Waals surface area (Å²) in [5.74, 6) is 1.93. The fourth-order valence-corrected chi connectivity index (χ4v) is 2.20. The number of nitrogens with one attached hydrogen (secondary N) is 2. The standard InChI is InChI=1S/C14H16BrFN4/c1-3-4-12-19-13(17-2)8-14(20-12)18-11-6-5-9(16)7-10(11)15/h5-8H,3-4H2,1-2H3,(H2,17,18,19,20). The summed E-state index contributed by atoms with van der Waals surface area (Å²) >= 11 is 3.33. The lowest BCUT2D eigenvalue weighted by atomic mass is 10.3. The molecule has 20 heavy (non-hydrogen) atoms. The fourth-order valence-electron chi connectivity index (χ4n) is 1.75. The van der Waals surface area contributed by atoms with Crippen LogP contribution in [-0.4, -0.2) is 17.0 Å². The summed E-state index contributed by atoms with van der Waals surface area (Å²) in [6, 6.07) is 6.30. The maximum absolute atomic E-state index is 13.1. The number of rotatable bonds is 5. The van der Waals surface area contributed by atoms with Crippen LogP contribution >= 0.6 is 15.9 Å². The topological polar surface area (TPSA) is 49.8 Å². The van der Waals surface area contributed by atoms with Crippen molar-refractivity contribution in [3.8, 4) is 0 Å². The van der Waals surface area contributed by atoms with Crippen molar-refractivity contribution < 1.29 is 4.39 Å². The molecule has 1 heterocycles. The maximum Gasteiger partial charge on any atom is 0.136 e. The van der Waals surface area contributed by atoms with E-state index in [2.05, 4.69) is 43.5 Å². The molecule has 0 bridgehead atoms. The SMILES string of the molecule is CCCc1nc(NC)cc(Nc2ccc(F)cc2Br)n1. The smallest absolute Gasteiger partial charge is 0.136 e. The Labute approximate surface area is 126 Å². The van der Waals surface area contributed by atoms with Gasteiger partial charge in [0, 0.05) is 24.0 Å². The summed E-state index contributed by atoms with van der Waals surface area (Å²) in [4.78, 5) is 8.84. The summed E-state index contributed by atoms with van der Waals surface area (Å²) in [5.41, 5.74) is 0.759. The Morgan fingerprint density at radius 2 is 1.95 bits per heavy atom. The summed E-state index contributed by atoms with van der Waals surface area (Å²) in [5, 5.41) is 6.18. The van der Waals surface area contributed by atoms with Crippen molar-refractivity contribution in [3.63, 3.8) is 0 Å². The van der Waals surface area contributed by atoms with Crippen LogP contribution < -0.4 is 10.6 Å². The minimum Gasteiger partial charge on any atom is -0.373 e. The van der Waals surface area contributed by atoms with Gasteiger partial charge in [-0.15, -0.1) is 0 Å². The number of benzene rings is 1. The van der Waals surface area contributed by atoms with Gasteiger partial charge in [0.25, 0.3) is 0 Å². The van der Waals surface area contributed by atoms with Gasteiger partial charge in [0.15, 0.2) is 0 Å². The number of aromatic nitrogens is 2. The first-order valence-electron chi connectivity index (χ1n) is 6.40. The molecule has 0 unspecified atom stereocenters. The van der Waals surface area contributed by atoms with E-state index in [4.69, 9.17) is 0 Å². The zero-order chi connectivity index (χ0) is 14.5. The summed E-state index contributed by atoms with van der Waals surface area (Å²) < 4.78 is 13.7. The van der Waals surface area contributed by atoms with Gasteiger partial charge in [0.05, 0.1) is 5.69 Å². The molecular formula is C14H16BrFN4. The van der Waals surface area contributed by atoms with Gasteiger partial charge in [-0.2, -0.15) is 0 Å².